The molecule has 0 aromatic heterocycles. The lowest BCUT2D eigenvalue weighted by molar-refractivity contribution is -0.234. The summed E-state index contributed by atoms with van der Waals surface area (Å²) in [6, 6.07) is 0. The minimum absolute atomic E-state index is 0.160. The average molecular weight is 248 g/mol. The van der Waals surface area contributed by atoms with Crippen molar-refractivity contribution in [3.63, 3.8) is 0 Å². The number of fused-ring (bicyclic) bond motifs is 1. The van der Waals surface area contributed by atoms with Crippen molar-refractivity contribution in [2.45, 2.75) is 44.2 Å². The quantitative estimate of drug-likeness (QED) is 0.521. The zero-order valence-electron chi connectivity index (χ0n) is 10.7. The highest BCUT2D eigenvalue weighted by atomic mass is 16.8. The molecule has 0 saturated carbocycles. The first kappa shape index (κ1) is 13.2. The van der Waals surface area contributed by atoms with Crippen LogP contribution in [0.25, 0.3) is 0 Å². The van der Waals surface area contributed by atoms with E-state index in [4.69, 9.17) is 28.4 Å². The van der Waals surface area contributed by atoms with Crippen LogP contribution >= 0.6 is 0 Å². The highest BCUT2D eigenvalue weighted by Gasteiger charge is 2.55. The predicted molar refractivity (Wildman–Crippen MR) is 57.3 cm³/mol. The first-order valence-electron chi connectivity index (χ1n) is 5.68. The van der Waals surface area contributed by atoms with Gasteiger partial charge in [0.15, 0.2) is 12.1 Å². The van der Waals surface area contributed by atoms with Gasteiger partial charge in [0.1, 0.15) is 25.1 Å². The third-order valence-corrected chi connectivity index (χ3v) is 2.82. The van der Waals surface area contributed by atoms with Gasteiger partial charge in [0, 0.05) is 14.2 Å². The summed E-state index contributed by atoms with van der Waals surface area (Å²) < 4.78 is 32.6. The average Bonchev–Trinajstić information content (AvgIpc) is 2.73. The molecule has 2 heterocycles. The summed E-state index contributed by atoms with van der Waals surface area (Å²) in [5.41, 5.74) is 0. The van der Waals surface area contributed by atoms with Crippen LogP contribution in [-0.2, 0) is 28.4 Å². The summed E-state index contributed by atoms with van der Waals surface area (Å²) >= 11 is 0. The van der Waals surface area contributed by atoms with E-state index in [0.29, 0.717) is 6.61 Å². The Morgan fingerprint density at radius 1 is 1.12 bits per heavy atom. The summed E-state index contributed by atoms with van der Waals surface area (Å²) in [6.45, 7) is 4.39. The number of rotatable bonds is 5. The Balaban J connectivity index is 1.95. The van der Waals surface area contributed by atoms with Crippen LogP contribution in [-0.4, -0.2) is 58.0 Å². The fourth-order valence-corrected chi connectivity index (χ4v) is 2.21. The van der Waals surface area contributed by atoms with E-state index in [-0.39, 0.29) is 25.1 Å². The molecule has 2 aliphatic rings. The Hall–Kier alpha value is -0.240. The largest absolute Gasteiger partial charge is 0.359 e. The zero-order valence-corrected chi connectivity index (χ0v) is 10.7. The topological polar surface area (TPSA) is 55.4 Å². The Kier molecular flexibility index (Phi) is 4.02. The molecule has 0 N–H and O–H groups in total. The Labute approximate surface area is 101 Å². The molecule has 2 aliphatic heterocycles. The van der Waals surface area contributed by atoms with Crippen LogP contribution < -0.4 is 0 Å². The second-order valence-electron chi connectivity index (χ2n) is 4.62. The lowest BCUT2D eigenvalue weighted by Gasteiger charge is -2.23. The maximum atomic E-state index is 5.80. The maximum absolute atomic E-state index is 5.80. The van der Waals surface area contributed by atoms with Crippen LogP contribution in [0.15, 0.2) is 0 Å². The van der Waals surface area contributed by atoms with Crippen molar-refractivity contribution < 1.29 is 28.4 Å². The van der Waals surface area contributed by atoms with Crippen molar-refractivity contribution in [3.8, 4) is 0 Å². The van der Waals surface area contributed by atoms with Gasteiger partial charge in [-0.05, 0) is 13.8 Å². The van der Waals surface area contributed by atoms with E-state index in [0.717, 1.165) is 0 Å². The summed E-state index contributed by atoms with van der Waals surface area (Å²) in [4.78, 5) is 0. The smallest absolute Gasteiger partial charge is 0.186 e. The van der Waals surface area contributed by atoms with Gasteiger partial charge in [0.05, 0.1) is 6.61 Å². The van der Waals surface area contributed by atoms with Gasteiger partial charge in [-0.25, -0.2) is 0 Å². The van der Waals surface area contributed by atoms with Crippen molar-refractivity contribution in [1.29, 1.82) is 0 Å². The van der Waals surface area contributed by atoms with Gasteiger partial charge in [-0.1, -0.05) is 0 Å². The Bertz CT molecular complexity index is 256. The van der Waals surface area contributed by atoms with Gasteiger partial charge in [-0.15, -0.1) is 0 Å². The van der Waals surface area contributed by atoms with Gasteiger partial charge in [-0.2, -0.15) is 0 Å². The Morgan fingerprint density at radius 2 is 1.82 bits per heavy atom. The van der Waals surface area contributed by atoms with Crippen LogP contribution in [0.2, 0.25) is 0 Å². The molecule has 2 rings (SSSR count). The monoisotopic (exact) mass is 248 g/mol. The van der Waals surface area contributed by atoms with E-state index in [1.54, 1.807) is 14.2 Å². The number of hydrogen-bond donors (Lipinski definition) is 0. The summed E-state index contributed by atoms with van der Waals surface area (Å²) in [5, 5.41) is 0. The molecular weight excluding hydrogens is 228 g/mol. The second kappa shape index (κ2) is 5.17. The molecular formula is C11H20O6. The standard InChI is InChI=1S/C11H20O6/c1-11(2)16-8-7(5-14-6-12-3)15-10(13-4)9(8)17-11/h7-10H,5-6H2,1-4H3/t7-,8+,9+,10+/m1/s1. The van der Waals surface area contributed by atoms with Gasteiger partial charge >= 0.3 is 0 Å². The van der Waals surface area contributed by atoms with Crippen LogP contribution in [0.3, 0.4) is 0 Å². The third kappa shape index (κ3) is 2.78. The molecule has 0 spiro atoms. The molecule has 0 unspecified atom stereocenters. The SMILES string of the molecule is COCOC[C@H]1O[C@H](OC)[C@H]2OC(C)(C)O[C@H]21. The fourth-order valence-electron chi connectivity index (χ4n) is 2.21. The minimum Gasteiger partial charge on any atom is -0.359 e. The molecule has 6 nitrogen and oxygen atoms in total. The molecule has 0 radical (unpaired) electrons. The predicted octanol–water partition coefficient (Wildman–Crippen LogP) is 0.498. The van der Waals surface area contributed by atoms with Crippen molar-refractivity contribution in [1.82, 2.24) is 0 Å². The van der Waals surface area contributed by atoms with Gasteiger partial charge in [-0.3, -0.25) is 0 Å². The summed E-state index contributed by atoms with van der Waals surface area (Å²) in [5.74, 6) is -0.602. The summed E-state index contributed by atoms with van der Waals surface area (Å²) in [6.07, 6.45) is -0.960. The third-order valence-electron chi connectivity index (χ3n) is 2.82. The van der Waals surface area contributed by atoms with E-state index >= 15 is 0 Å². The van der Waals surface area contributed by atoms with Crippen molar-refractivity contribution in [3.05, 3.63) is 0 Å². The molecule has 0 aliphatic carbocycles. The van der Waals surface area contributed by atoms with Crippen LogP contribution in [0.4, 0.5) is 0 Å². The molecule has 0 aromatic carbocycles. The van der Waals surface area contributed by atoms with Gasteiger partial charge < -0.3 is 28.4 Å². The van der Waals surface area contributed by atoms with E-state index in [1.165, 1.54) is 0 Å². The highest BCUT2D eigenvalue weighted by Crippen LogP contribution is 2.38. The van der Waals surface area contributed by atoms with Crippen molar-refractivity contribution >= 4 is 0 Å². The maximum Gasteiger partial charge on any atom is 0.186 e. The molecule has 6 heteroatoms. The summed E-state index contributed by atoms with van der Waals surface area (Å²) in [7, 11) is 3.17. The first-order chi connectivity index (χ1) is 8.07. The van der Waals surface area contributed by atoms with E-state index in [2.05, 4.69) is 0 Å². The minimum atomic E-state index is -0.602. The number of methoxy groups -OCH3 is 2. The van der Waals surface area contributed by atoms with E-state index < -0.39 is 12.1 Å². The van der Waals surface area contributed by atoms with E-state index in [9.17, 15) is 0 Å². The normalized spacial score (nSPS) is 39.5. The van der Waals surface area contributed by atoms with E-state index in [1.807, 2.05) is 13.8 Å². The van der Waals surface area contributed by atoms with Gasteiger partial charge in [0.2, 0.25) is 0 Å². The first-order valence-corrected chi connectivity index (χ1v) is 5.68. The lowest BCUT2D eigenvalue weighted by atomic mass is 10.1. The Morgan fingerprint density at radius 3 is 2.47 bits per heavy atom. The van der Waals surface area contributed by atoms with Crippen molar-refractivity contribution in [2.75, 3.05) is 27.6 Å². The molecule has 0 amide bonds. The van der Waals surface area contributed by atoms with Crippen molar-refractivity contribution in [2.24, 2.45) is 0 Å². The highest BCUT2D eigenvalue weighted by molar-refractivity contribution is 4.94. The molecule has 0 bridgehead atoms. The molecule has 2 fully saturated rings. The number of hydrogen-bond acceptors (Lipinski definition) is 6. The molecule has 4 atom stereocenters. The number of ether oxygens (including phenoxy) is 6. The second-order valence-corrected chi connectivity index (χ2v) is 4.62. The molecule has 100 valence electrons. The van der Waals surface area contributed by atoms with Crippen LogP contribution in [0.1, 0.15) is 13.8 Å². The molecule has 17 heavy (non-hydrogen) atoms. The van der Waals surface area contributed by atoms with Crippen LogP contribution in [0.5, 0.6) is 0 Å². The molecule has 2 saturated heterocycles. The molecule has 0 aromatic rings. The lowest BCUT2D eigenvalue weighted by Crippen LogP contribution is -2.33. The zero-order chi connectivity index (χ0) is 12.5. The fraction of sp³-hybridized carbons (Fsp3) is 1.00. The van der Waals surface area contributed by atoms with Gasteiger partial charge in [0.25, 0.3) is 0 Å². The van der Waals surface area contributed by atoms with Crippen LogP contribution in [0, 0.1) is 0 Å².